The summed E-state index contributed by atoms with van der Waals surface area (Å²) < 4.78 is 26.4. The number of nitrogens with two attached hydrogens (primary N) is 1. The molecule has 1 aromatic heterocycles. The zero-order valence-corrected chi connectivity index (χ0v) is 11.9. The van der Waals surface area contributed by atoms with E-state index in [4.69, 9.17) is 5.73 Å². The van der Waals surface area contributed by atoms with Crippen molar-refractivity contribution in [3.8, 4) is 0 Å². The lowest BCUT2D eigenvalue weighted by Gasteiger charge is -2.10. The fraction of sp³-hybridized carbons (Fsp3) is 0.182. The van der Waals surface area contributed by atoms with Gasteiger partial charge in [-0.2, -0.15) is 0 Å². The Balaban J connectivity index is 1.98. The lowest BCUT2D eigenvalue weighted by atomic mass is 10.3. The predicted molar refractivity (Wildman–Crippen MR) is 74.6 cm³/mol. The van der Waals surface area contributed by atoms with E-state index < -0.39 is 16.9 Å². The lowest BCUT2D eigenvalue weighted by molar-refractivity contribution is -0.115. The summed E-state index contributed by atoms with van der Waals surface area (Å²) in [6, 6.07) is 3.17. The largest absolute Gasteiger partial charge is 0.374 e. The summed E-state index contributed by atoms with van der Waals surface area (Å²) in [6.45, 7) is 1.66. The molecule has 3 N–H and O–H groups in total. The fourth-order valence-corrected chi connectivity index (χ4v) is 3.07. The van der Waals surface area contributed by atoms with E-state index in [0.717, 1.165) is 12.1 Å². The van der Waals surface area contributed by atoms with Gasteiger partial charge in [-0.3, -0.25) is 4.79 Å². The molecule has 0 saturated carbocycles. The third kappa shape index (κ3) is 3.64. The number of nitrogens with zero attached hydrogens (tertiary/aromatic N) is 2. The number of nitrogens with one attached hydrogen (secondary N) is 1. The molecule has 0 aliphatic rings. The molecule has 0 spiro atoms. The molecule has 1 aromatic carbocycles. The first-order valence-corrected chi connectivity index (χ1v) is 7.17. The van der Waals surface area contributed by atoms with Crippen LogP contribution in [0.4, 0.5) is 19.6 Å². The van der Waals surface area contributed by atoms with Crippen molar-refractivity contribution in [3.05, 3.63) is 29.8 Å². The molecule has 1 unspecified atom stereocenters. The molecule has 0 radical (unpaired) electrons. The van der Waals surface area contributed by atoms with Gasteiger partial charge in [-0.15, -0.1) is 10.2 Å². The van der Waals surface area contributed by atoms with Crippen LogP contribution in [0.15, 0.2) is 22.5 Å². The summed E-state index contributed by atoms with van der Waals surface area (Å²) in [6.07, 6.45) is 0. The van der Waals surface area contributed by atoms with Gasteiger partial charge in [0.1, 0.15) is 0 Å². The van der Waals surface area contributed by atoms with Crippen molar-refractivity contribution in [1.29, 1.82) is 0 Å². The quantitative estimate of drug-likeness (QED) is 0.847. The molecule has 20 heavy (non-hydrogen) atoms. The molecule has 2 rings (SSSR count). The smallest absolute Gasteiger partial charge is 0.237 e. The first kappa shape index (κ1) is 14.7. The Labute approximate surface area is 121 Å². The number of nitrogen functional groups attached to an aromatic ring is 1. The van der Waals surface area contributed by atoms with E-state index in [0.29, 0.717) is 9.47 Å². The van der Waals surface area contributed by atoms with E-state index in [1.165, 1.54) is 29.2 Å². The molecule has 0 aliphatic carbocycles. The van der Waals surface area contributed by atoms with Gasteiger partial charge >= 0.3 is 0 Å². The first-order valence-electron chi connectivity index (χ1n) is 5.47. The van der Waals surface area contributed by atoms with Gasteiger partial charge in [-0.05, 0) is 19.1 Å². The molecule has 1 heterocycles. The SMILES string of the molecule is CC(Sc1nnc(N)s1)C(=O)Nc1ccc(F)c(F)c1. The van der Waals surface area contributed by atoms with Crippen LogP contribution in [0.25, 0.3) is 0 Å². The average molecular weight is 316 g/mol. The van der Waals surface area contributed by atoms with E-state index >= 15 is 0 Å². The highest BCUT2D eigenvalue weighted by Crippen LogP contribution is 2.28. The minimum atomic E-state index is -1.01. The zero-order chi connectivity index (χ0) is 14.7. The summed E-state index contributed by atoms with van der Waals surface area (Å²) in [5.41, 5.74) is 5.63. The van der Waals surface area contributed by atoms with Crippen LogP contribution in [0, 0.1) is 11.6 Å². The number of halogens is 2. The summed E-state index contributed by atoms with van der Waals surface area (Å²) in [5.74, 6) is -2.33. The molecular formula is C11H10F2N4OS2. The second kappa shape index (κ2) is 6.14. The number of benzene rings is 1. The molecule has 5 nitrogen and oxygen atoms in total. The molecule has 0 bridgehead atoms. The number of hydrogen-bond acceptors (Lipinski definition) is 6. The highest BCUT2D eigenvalue weighted by Gasteiger charge is 2.17. The Kier molecular flexibility index (Phi) is 4.50. The normalized spacial score (nSPS) is 12.2. The highest BCUT2D eigenvalue weighted by molar-refractivity contribution is 8.02. The molecule has 1 amide bonds. The standard InChI is InChI=1S/C11H10F2N4OS2/c1-5(19-11-17-16-10(14)20-11)9(18)15-6-2-3-7(12)8(13)4-6/h2-5H,1H3,(H2,14,16)(H,15,18). The topological polar surface area (TPSA) is 80.9 Å². The van der Waals surface area contributed by atoms with Crippen LogP contribution in [0.3, 0.4) is 0 Å². The molecule has 0 aliphatic heterocycles. The number of amides is 1. The molecule has 9 heteroatoms. The van der Waals surface area contributed by atoms with Crippen LogP contribution < -0.4 is 11.1 Å². The molecule has 0 fully saturated rings. The number of carbonyl (C=O) groups excluding carboxylic acids is 1. The number of rotatable bonds is 4. The maximum Gasteiger partial charge on any atom is 0.237 e. The number of carbonyl (C=O) groups is 1. The molecule has 106 valence electrons. The van der Waals surface area contributed by atoms with Crippen LogP contribution in [0.5, 0.6) is 0 Å². The maximum absolute atomic E-state index is 13.0. The van der Waals surface area contributed by atoms with Gasteiger partial charge in [-0.1, -0.05) is 23.1 Å². The number of anilines is 2. The third-order valence-electron chi connectivity index (χ3n) is 2.26. The number of hydrogen-bond donors (Lipinski definition) is 2. The van der Waals surface area contributed by atoms with Crippen molar-refractivity contribution in [3.63, 3.8) is 0 Å². The van der Waals surface area contributed by atoms with Gasteiger partial charge in [-0.25, -0.2) is 8.78 Å². The van der Waals surface area contributed by atoms with E-state index in [-0.39, 0.29) is 11.6 Å². The monoisotopic (exact) mass is 316 g/mol. The van der Waals surface area contributed by atoms with Gasteiger partial charge in [0.15, 0.2) is 16.0 Å². The van der Waals surface area contributed by atoms with Crippen molar-refractivity contribution in [1.82, 2.24) is 10.2 Å². The van der Waals surface area contributed by atoms with Crippen LogP contribution >= 0.6 is 23.1 Å². The second-order valence-corrected chi connectivity index (χ2v) is 6.38. The van der Waals surface area contributed by atoms with Crippen molar-refractivity contribution in [2.75, 3.05) is 11.1 Å². The zero-order valence-electron chi connectivity index (χ0n) is 10.3. The molecule has 1 atom stereocenters. The van der Waals surface area contributed by atoms with Gasteiger partial charge < -0.3 is 11.1 Å². The predicted octanol–water partition coefficient (Wildman–Crippen LogP) is 2.52. The second-order valence-electron chi connectivity index (χ2n) is 3.78. The van der Waals surface area contributed by atoms with E-state index in [1.807, 2.05) is 0 Å². The minimum Gasteiger partial charge on any atom is -0.374 e. The van der Waals surface area contributed by atoms with Crippen LogP contribution in [0.2, 0.25) is 0 Å². The Morgan fingerprint density at radius 3 is 2.75 bits per heavy atom. The van der Waals surface area contributed by atoms with Crippen molar-refractivity contribution < 1.29 is 13.6 Å². The third-order valence-corrected chi connectivity index (χ3v) is 4.19. The first-order chi connectivity index (χ1) is 9.45. The Hall–Kier alpha value is -1.74. The molecular weight excluding hydrogens is 306 g/mol. The maximum atomic E-state index is 13.0. The minimum absolute atomic E-state index is 0.193. The van der Waals surface area contributed by atoms with Gasteiger partial charge in [0.2, 0.25) is 11.0 Å². The Morgan fingerprint density at radius 2 is 2.15 bits per heavy atom. The summed E-state index contributed by atoms with van der Waals surface area (Å²) >= 11 is 2.36. The van der Waals surface area contributed by atoms with Crippen molar-refractivity contribution >= 4 is 39.8 Å². The van der Waals surface area contributed by atoms with Gasteiger partial charge in [0.05, 0.1) is 5.25 Å². The number of aromatic nitrogens is 2. The van der Waals surface area contributed by atoms with E-state index in [2.05, 4.69) is 15.5 Å². The fourth-order valence-electron chi connectivity index (χ4n) is 1.29. The van der Waals surface area contributed by atoms with Gasteiger partial charge in [0, 0.05) is 11.8 Å². The number of thioether (sulfide) groups is 1. The Bertz CT molecular complexity index is 635. The summed E-state index contributed by atoms with van der Waals surface area (Å²) in [5, 5.41) is 9.76. The average Bonchev–Trinajstić information content (AvgIpc) is 2.79. The summed E-state index contributed by atoms with van der Waals surface area (Å²) in [4.78, 5) is 11.9. The highest BCUT2D eigenvalue weighted by atomic mass is 32.2. The van der Waals surface area contributed by atoms with Crippen LogP contribution in [0.1, 0.15) is 6.92 Å². The van der Waals surface area contributed by atoms with E-state index in [9.17, 15) is 13.6 Å². The van der Waals surface area contributed by atoms with Crippen LogP contribution in [-0.4, -0.2) is 21.4 Å². The Morgan fingerprint density at radius 1 is 1.40 bits per heavy atom. The van der Waals surface area contributed by atoms with Crippen LogP contribution in [-0.2, 0) is 4.79 Å². The van der Waals surface area contributed by atoms with Gasteiger partial charge in [0.25, 0.3) is 0 Å². The van der Waals surface area contributed by atoms with Crippen molar-refractivity contribution in [2.24, 2.45) is 0 Å². The lowest BCUT2D eigenvalue weighted by Crippen LogP contribution is -2.22. The van der Waals surface area contributed by atoms with E-state index in [1.54, 1.807) is 6.92 Å². The summed E-state index contributed by atoms with van der Waals surface area (Å²) in [7, 11) is 0. The molecule has 0 saturated heterocycles. The van der Waals surface area contributed by atoms with Crippen molar-refractivity contribution in [2.45, 2.75) is 16.5 Å². The molecule has 2 aromatic rings.